The number of likely N-dealkylation sites (N-methyl/N-ethyl adjacent to an activating group) is 1. The Labute approximate surface area is 187 Å². The van der Waals surface area contributed by atoms with Crippen LogP contribution >= 0.6 is 27.7 Å². The van der Waals surface area contributed by atoms with E-state index in [0.717, 1.165) is 10.0 Å². The molecule has 0 radical (unpaired) electrons. The molecule has 3 rings (SSSR count). The first kappa shape index (κ1) is 21.7. The fourth-order valence-electron chi connectivity index (χ4n) is 2.58. The molecule has 1 aliphatic heterocycles. The minimum absolute atomic E-state index is 0.132. The first-order valence-electron chi connectivity index (χ1n) is 8.73. The number of hydrogen-bond donors (Lipinski definition) is 0. The second-order valence-corrected chi connectivity index (χ2v) is 8.01. The molecule has 1 aliphatic rings. The Hall–Kier alpha value is -3.02. The topological polar surface area (TPSA) is 68.2 Å². The van der Waals surface area contributed by atoms with Crippen molar-refractivity contribution in [3.63, 3.8) is 0 Å². The van der Waals surface area contributed by atoms with Gasteiger partial charge in [-0.05, 0) is 60.3 Å². The number of nitrogens with zero attached hydrogens (tertiary/aromatic N) is 2. The van der Waals surface area contributed by atoms with Gasteiger partial charge < -0.3 is 9.47 Å². The quantitative estimate of drug-likeness (QED) is 0.355. The van der Waals surface area contributed by atoms with Gasteiger partial charge in [-0.3, -0.25) is 9.69 Å². The number of rotatable bonds is 5. The normalized spacial score (nSPS) is 16.1. The number of benzene rings is 2. The van der Waals surface area contributed by atoms with Gasteiger partial charge in [-0.25, -0.2) is 9.79 Å². The van der Waals surface area contributed by atoms with E-state index < -0.39 is 5.97 Å². The van der Waals surface area contributed by atoms with Crippen molar-refractivity contribution in [2.45, 2.75) is 0 Å². The number of halogens is 1. The van der Waals surface area contributed by atoms with Crippen molar-refractivity contribution in [2.24, 2.45) is 4.99 Å². The van der Waals surface area contributed by atoms with E-state index in [1.54, 1.807) is 43.5 Å². The molecule has 0 aromatic heterocycles. The van der Waals surface area contributed by atoms with Crippen molar-refractivity contribution >= 4 is 56.5 Å². The standard InChI is InChI=1S/C22H17BrN2O4S/c1-4-11-29-18-10-7-16(23)12-15(18)13-19-20(26)25(2)22(30-19)24-17-8-5-14(6-9-17)21(27)28-3/h1,5-10,12-13H,11H2,2-3H3. The zero-order valence-electron chi connectivity index (χ0n) is 16.2. The zero-order chi connectivity index (χ0) is 21.7. The Morgan fingerprint density at radius 1 is 1.30 bits per heavy atom. The lowest BCUT2D eigenvalue weighted by Gasteiger charge is -2.08. The van der Waals surface area contributed by atoms with E-state index in [1.807, 2.05) is 12.1 Å². The smallest absolute Gasteiger partial charge is 0.337 e. The molecule has 152 valence electrons. The Kier molecular flexibility index (Phi) is 6.98. The van der Waals surface area contributed by atoms with E-state index in [-0.39, 0.29) is 12.5 Å². The maximum Gasteiger partial charge on any atom is 0.337 e. The van der Waals surface area contributed by atoms with Crippen LogP contribution < -0.4 is 4.74 Å². The molecule has 6 nitrogen and oxygen atoms in total. The molecule has 2 aromatic carbocycles. The van der Waals surface area contributed by atoms with Gasteiger partial charge in [0.1, 0.15) is 12.4 Å². The van der Waals surface area contributed by atoms with E-state index in [9.17, 15) is 9.59 Å². The van der Waals surface area contributed by atoms with Gasteiger partial charge in [0.25, 0.3) is 5.91 Å². The first-order valence-corrected chi connectivity index (χ1v) is 10.3. The summed E-state index contributed by atoms with van der Waals surface area (Å²) in [4.78, 5) is 30.8. The molecule has 1 heterocycles. The van der Waals surface area contributed by atoms with Gasteiger partial charge in [0.2, 0.25) is 0 Å². The van der Waals surface area contributed by atoms with Crippen LogP contribution in [-0.2, 0) is 9.53 Å². The van der Waals surface area contributed by atoms with Crippen molar-refractivity contribution in [3.05, 3.63) is 63.0 Å². The lowest BCUT2D eigenvalue weighted by Crippen LogP contribution is -2.23. The maximum absolute atomic E-state index is 12.7. The lowest BCUT2D eigenvalue weighted by atomic mass is 10.2. The Balaban J connectivity index is 1.88. The molecule has 1 fully saturated rings. The molecule has 2 aromatic rings. The van der Waals surface area contributed by atoms with Gasteiger partial charge in [-0.2, -0.15) is 0 Å². The number of methoxy groups -OCH3 is 1. The molecule has 0 N–H and O–H groups in total. The van der Waals surface area contributed by atoms with Gasteiger partial charge in [-0.1, -0.05) is 21.9 Å². The van der Waals surface area contributed by atoms with Gasteiger partial charge >= 0.3 is 5.97 Å². The third-order valence-corrected chi connectivity index (χ3v) is 5.64. The molecular formula is C22H17BrN2O4S. The number of ether oxygens (including phenoxy) is 2. The molecule has 0 aliphatic carbocycles. The molecule has 0 bridgehead atoms. The Morgan fingerprint density at radius 3 is 2.70 bits per heavy atom. The number of amides is 1. The minimum Gasteiger partial charge on any atom is -0.480 e. The van der Waals surface area contributed by atoms with E-state index in [2.05, 4.69) is 26.8 Å². The summed E-state index contributed by atoms with van der Waals surface area (Å²) in [5.74, 6) is 2.43. The Bertz CT molecular complexity index is 1090. The highest BCUT2D eigenvalue weighted by molar-refractivity contribution is 9.10. The summed E-state index contributed by atoms with van der Waals surface area (Å²) >= 11 is 4.69. The molecule has 1 saturated heterocycles. The number of hydrogen-bond acceptors (Lipinski definition) is 6. The number of thioether (sulfide) groups is 1. The maximum atomic E-state index is 12.7. The van der Waals surface area contributed by atoms with Crippen LogP contribution in [0.4, 0.5) is 5.69 Å². The van der Waals surface area contributed by atoms with E-state index in [1.165, 1.54) is 23.8 Å². The van der Waals surface area contributed by atoms with Crippen molar-refractivity contribution in [3.8, 4) is 18.1 Å². The van der Waals surface area contributed by atoms with Crippen LogP contribution in [-0.4, -0.2) is 42.7 Å². The highest BCUT2D eigenvalue weighted by Gasteiger charge is 2.30. The molecular weight excluding hydrogens is 468 g/mol. The number of aliphatic imine (C=N–C) groups is 1. The third kappa shape index (κ3) is 4.93. The number of amidine groups is 1. The largest absolute Gasteiger partial charge is 0.480 e. The minimum atomic E-state index is -0.418. The molecule has 30 heavy (non-hydrogen) atoms. The summed E-state index contributed by atoms with van der Waals surface area (Å²) in [5, 5.41) is 0.526. The average molecular weight is 485 g/mol. The number of carbonyl (C=O) groups is 2. The van der Waals surface area contributed by atoms with Crippen molar-refractivity contribution in [1.29, 1.82) is 0 Å². The predicted molar refractivity (Wildman–Crippen MR) is 122 cm³/mol. The van der Waals surface area contributed by atoms with Crippen molar-refractivity contribution in [1.82, 2.24) is 4.90 Å². The number of esters is 1. The molecule has 0 spiro atoms. The van der Waals surface area contributed by atoms with Crippen molar-refractivity contribution in [2.75, 3.05) is 20.8 Å². The summed E-state index contributed by atoms with van der Waals surface area (Å²) in [6.45, 7) is 0.132. The van der Waals surface area contributed by atoms with Gasteiger partial charge in [0, 0.05) is 17.1 Å². The monoisotopic (exact) mass is 484 g/mol. The summed E-state index contributed by atoms with van der Waals surface area (Å²) in [5.41, 5.74) is 1.78. The second kappa shape index (κ2) is 9.65. The fourth-order valence-corrected chi connectivity index (χ4v) is 3.93. The van der Waals surface area contributed by atoms with Crippen LogP contribution in [0.5, 0.6) is 5.75 Å². The predicted octanol–water partition coefficient (Wildman–Crippen LogP) is 4.48. The molecule has 8 heteroatoms. The van der Waals surface area contributed by atoms with Crippen LogP contribution in [0.25, 0.3) is 6.08 Å². The van der Waals surface area contributed by atoms with Crippen LogP contribution in [0.3, 0.4) is 0 Å². The fraction of sp³-hybridized carbons (Fsp3) is 0.136. The van der Waals surface area contributed by atoms with Crippen LogP contribution in [0.1, 0.15) is 15.9 Å². The second-order valence-electron chi connectivity index (χ2n) is 6.08. The summed E-state index contributed by atoms with van der Waals surface area (Å²) in [7, 11) is 2.99. The molecule has 0 atom stereocenters. The molecule has 0 saturated carbocycles. The summed E-state index contributed by atoms with van der Waals surface area (Å²) in [6.07, 6.45) is 7.03. The third-order valence-electron chi connectivity index (χ3n) is 4.09. The zero-order valence-corrected chi connectivity index (χ0v) is 18.6. The van der Waals surface area contributed by atoms with Crippen LogP contribution in [0, 0.1) is 12.3 Å². The van der Waals surface area contributed by atoms with Gasteiger partial charge in [0.15, 0.2) is 5.17 Å². The van der Waals surface area contributed by atoms with Crippen LogP contribution in [0.2, 0.25) is 0 Å². The summed E-state index contributed by atoms with van der Waals surface area (Å²) in [6, 6.07) is 12.1. The SMILES string of the molecule is C#CCOc1ccc(Br)cc1C=C1SC(=Nc2ccc(C(=O)OC)cc2)N(C)C1=O. The summed E-state index contributed by atoms with van der Waals surface area (Å²) < 4.78 is 11.1. The van der Waals surface area contributed by atoms with E-state index >= 15 is 0 Å². The van der Waals surface area contributed by atoms with Crippen LogP contribution in [0.15, 0.2) is 56.8 Å². The lowest BCUT2D eigenvalue weighted by molar-refractivity contribution is -0.121. The first-order chi connectivity index (χ1) is 14.4. The van der Waals surface area contributed by atoms with Gasteiger partial charge in [-0.15, -0.1) is 6.42 Å². The van der Waals surface area contributed by atoms with E-state index in [0.29, 0.717) is 27.1 Å². The number of terminal acetylenes is 1. The highest BCUT2D eigenvalue weighted by Crippen LogP contribution is 2.35. The van der Waals surface area contributed by atoms with E-state index in [4.69, 9.17) is 15.9 Å². The molecule has 1 amide bonds. The van der Waals surface area contributed by atoms with Crippen molar-refractivity contribution < 1.29 is 19.1 Å². The van der Waals surface area contributed by atoms with Gasteiger partial charge in [0.05, 0.1) is 23.3 Å². The Morgan fingerprint density at radius 2 is 2.03 bits per heavy atom. The molecule has 0 unspecified atom stereocenters. The highest BCUT2D eigenvalue weighted by atomic mass is 79.9. The average Bonchev–Trinajstić information content (AvgIpc) is 3.01. The number of carbonyl (C=O) groups excluding carboxylic acids is 2.